The van der Waals surface area contributed by atoms with Gasteiger partial charge in [0.15, 0.2) is 0 Å². The molecule has 0 spiro atoms. The van der Waals surface area contributed by atoms with Gasteiger partial charge in [0, 0.05) is 31.4 Å². The molecule has 0 aliphatic carbocycles. The van der Waals surface area contributed by atoms with E-state index in [1.54, 1.807) is 6.07 Å². The van der Waals surface area contributed by atoms with Crippen LogP contribution in [0.5, 0.6) is 28.7 Å². The lowest BCUT2D eigenvalue weighted by atomic mass is 10.3. The lowest BCUT2D eigenvalue weighted by molar-refractivity contribution is 0.398. The molecule has 0 bridgehead atoms. The second-order valence-corrected chi connectivity index (χ2v) is 3.41. The fourth-order valence-corrected chi connectivity index (χ4v) is 1.18. The van der Waals surface area contributed by atoms with Crippen LogP contribution in [-0.2, 0) is 0 Å². The van der Waals surface area contributed by atoms with Crippen molar-refractivity contribution in [3.63, 3.8) is 0 Å². The third kappa shape index (κ3) is 9.26. The minimum Gasteiger partial charge on any atom is -0.508 e. The Hall–Kier alpha value is -2.31. The minimum atomic E-state index is -0.00292. The number of aliphatic hydroxyl groups is 1. The third-order valence-electron chi connectivity index (χ3n) is 1.94. The van der Waals surface area contributed by atoms with E-state index in [4.69, 9.17) is 30.3 Å². The molecule has 2 aromatic carbocycles. The predicted molar refractivity (Wildman–Crippen MR) is 81.5 cm³/mol. The van der Waals surface area contributed by atoms with Gasteiger partial charge < -0.3 is 30.3 Å². The maximum absolute atomic E-state index is 8.88. The summed E-state index contributed by atoms with van der Waals surface area (Å²) in [4.78, 5) is 0. The largest absolute Gasteiger partial charge is 0.508 e. The van der Waals surface area contributed by atoms with Gasteiger partial charge in [0.25, 0.3) is 0 Å². The van der Waals surface area contributed by atoms with E-state index >= 15 is 0 Å². The summed E-state index contributed by atoms with van der Waals surface area (Å²) in [6.07, 6.45) is 0. The summed E-state index contributed by atoms with van der Waals surface area (Å²) in [5.41, 5.74) is 0. The predicted octanol–water partition coefficient (Wildman–Crippen LogP) is 2.23. The topological polar surface area (TPSA) is 110 Å². The van der Waals surface area contributed by atoms with Gasteiger partial charge >= 0.3 is 0 Å². The summed E-state index contributed by atoms with van der Waals surface area (Å²) in [6.45, 7) is 0. The van der Waals surface area contributed by atoms with Crippen molar-refractivity contribution in [2.75, 3.05) is 14.2 Å². The number of aliphatic hydroxyl groups excluding tert-OH is 1. The van der Waals surface area contributed by atoms with Crippen LogP contribution in [0.25, 0.3) is 0 Å². The van der Waals surface area contributed by atoms with Crippen molar-refractivity contribution in [2.24, 2.45) is 0 Å². The highest BCUT2D eigenvalue weighted by molar-refractivity contribution is 5.85. The quantitative estimate of drug-likeness (QED) is 0.551. The number of rotatable bonds is 1. The van der Waals surface area contributed by atoms with Gasteiger partial charge in [-0.1, -0.05) is 6.07 Å². The first-order valence-electron chi connectivity index (χ1n) is 5.51. The van der Waals surface area contributed by atoms with Gasteiger partial charge in [-0.15, -0.1) is 12.4 Å². The first-order chi connectivity index (χ1) is 9.51. The van der Waals surface area contributed by atoms with Crippen LogP contribution in [0.2, 0.25) is 0 Å². The molecule has 0 saturated carbocycles. The first-order valence-corrected chi connectivity index (χ1v) is 5.51. The Balaban J connectivity index is 0. The van der Waals surface area contributed by atoms with Crippen molar-refractivity contribution < 1.29 is 30.3 Å². The van der Waals surface area contributed by atoms with Gasteiger partial charge in [0.05, 0.1) is 7.11 Å². The van der Waals surface area contributed by atoms with Crippen LogP contribution >= 0.6 is 12.4 Å². The molecule has 0 aliphatic heterocycles. The van der Waals surface area contributed by atoms with Gasteiger partial charge in [-0.2, -0.15) is 0 Å². The fourth-order valence-electron chi connectivity index (χ4n) is 1.18. The number of aromatic hydroxyl groups is 4. The summed E-state index contributed by atoms with van der Waals surface area (Å²) in [5, 5.41) is 42.1. The van der Waals surface area contributed by atoms with E-state index in [0.29, 0.717) is 5.75 Å². The molecule has 0 aromatic heterocycles. The van der Waals surface area contributed by atoms with E-state index in [0.717, 1.165) is 7.11 Å². The van der Waals surface area contributed by atoms with Gasteiger partial charge in [0.2, 0.25) is 0 Å². The van der Waals surface area contributed by atoms with Crippen LogP contribution in [0, 0.1) is 0 Å². The number of hydrogen-bond donors (Lipinski definition) is 5. The molecular formula is C14H19ClO6. The highest BCUT2D eigenvalue weighted by atomic mass is 35.5. The zero-order chi connectivity index (χ0) is 15.5. The number of hydrogen-bond acceptors (Lipinski definition) is 6. The number of methoxy groups -OCH3 is 1. The molecule has 0 aliphatic rings. The molecule has 0 amide bonds. The van der Waals surface area contributed by atoms with Crippen molar-refractivity contribution in [3.8, 4) is 28.7 Å². The van der Waals surface area contributed by atoms with Crippen LogP contribution in [0.3, 0.4) is 0 Å². The van der Waals surface area contributed by atoms with Crippen molar-refractivity contribution in [1.82, 2.24) is 0 Å². The summed E-state index contributed by atoms with van der Waals surface area (Å²) in [6, 6.07) is 9.92. The molecule has 5 N–H and O–H groups in total. The van der Waals surface area contributed by atoms with Gasteiger partial charge in [-0.05, 0) is 12.1 Å². The summed E-state index contributed by atoms with van der Waals surface area (Å²) in [5.74, 6) is 0.612. The number of ether oxygens (including phenoxy) is 1. The Labute approximate surface area is 128 Å². The standard InChI is InChI=1S/C7H8O3.C6H6O2.CH4O.ClH/c1-10-7-3-5(8)2-6(9)4-7;7-5-2-1-3-6(8)4-5;1-2;/h2-4,8-9H,1H3;1-4,7-8H;2H,1H3;1H. The van der Waals surface area contributed by atoms with Crippen LogP contribution in [0.1, 0.15) is 0 Å². The second kappa shape index (κ2) is 11.5. The number of phenols is 4. The Morgan fingerprint density at radius 3 is 1.38 bits per heavy atom. The number of phenolic OH excluding ortho intramolecular Hbond substituents is 4. The maximum atomic E-state index is 8.88. The fraction of sp³-hybridized carbons (Fsp3) is 0.143. The van der Waals surface area contributed by atoms with E-state index in [-0.39, 0.29) is 35.4 Å². The lowest BCUT2D eigenvalue weighted by Crippen LogP contribution is -1.80. The zero-order valence-corrected chi connectivity index (χ0v) is 12.4. The first kappa shape index (κ1) is 21.0. The van der Waals surface area contributed by atoms with E-state index in [1.807, 2.05) is 0 Å². The van der Waals surface area contributed by atoms with Crippen molar-refractivity contribution in [3.05, 3.63) is 42.5 Å². The van der Waals surface area contributed by atoms with Gasteiger partial charge in [-0.25, -0.2) is 0 Å². The molecule has 2 aromatic rings. The summed E-state index contributed by atoms with van der Waals surface area (Å²) < 4.78 is 4.76. The molecule has 6 nitrogen and oxygen atoms in total. The second-order valence-electron chi connectivity index (χ2n) is 3.41. The van der Waals surface area contributed by atoms with Crippen LogP contribution in [0.4, 0.5) is 0 Å². The maximum Gasteiger partial charge on any atom is 0.126 e. The third-order valence-corrected chi connectivity index (χ3v) is 1.94. The Morgan fingerprint density at radius 2 is 1.10 bits per heavy atom. The SMILES string of the molecule is CO.COc1cc(O)cc(O)c1.Cl.Oc1cccc(O)c1. The average Bonchev–Trinajstić information content (AvgIpc) is 2.40. The van der Waals surface area contributed by atoms with Crippen molar-refractivity contribution in [1.29, 1.82) is 0 Å². The molecule has 0 saturated heterocycles. The molecule has 0 radical (unpaired) electrons. The molecule has 7 heteroatoms. The van der Waals surface area contributed by atoms with Gasteiger partial charge in [-0.3, -0.25) is 0 Å². The van der Waals surface area contributed by atoms with Crippen LogP contribution < -0.4 is 4.74 Å². The Kier molecular flexibility index (Phi) is 11.5. The molecular weight excluding hydrogens is 300 g/mol. The van der Waals surface area contributed by atoms with E-state index in [2.05, 4.69) is 0 Å². The minimum absolute atomic E-state index is 0. The van der Waals surface area contributed by atoms with Crippen molar-refractivity contribution >= 4 is 12.4 Å². The normalized spacial score (nSPS) is 8.14. The molecule has 118 valence electrons. The average molecular weight is 319 g/mol. The molecule has 21 heavy (non-hydrogen) atoms. The van der Waals surface area contributed by atoms with Crippen LogP contribution in [-0.4, -0.2) is 39.8 Å². The summed E-state index contributed by atoms with van der Waals surface area (Å²) >= 11 is 0. The van der Waals surface area contributed by atoms with Crippen molar-refractivity contribution in [2.45, 2.75) is 0 Å². The lowest BCUT2D eigenvalue weighted by Gasteiger charge is -1.99. The number of benzene rings is 2. The van der Waals surface area contributed by atoms with E-state index in [1.165, 1.54) is 43.5 Å². The smallest absolute Gasteiger partial charge is 0.126 e. The van der Waals surface area contributed by atoms with E-state index < -0.39 is 0 Å². The van der Waals surface area contributed by atoms with E-state index in [9.17, 15) is 0 Å². The Bertz CT molecular complexity index is 481. The molecule has 0 fully saturated rings. The highest BCUT2D eigenvalue weighted by Crippen LogP contribution is 2.24. The van der Waals surface area contributed by atoms with Crippen LogP contribution in [0.15, 0.2) is 42.5 Å². The monoisotopic (exact) mass is 318 g/mol. The zero-order valence-electron chi connectivity index (χ0n) is 11.6. The summed E-state index contributed by atoms with van der Waals surface area (Å²) in [7, 11) is 2.47. The number of halogens is 1. The molecule has 0 unspecified atom stereocenters. The molecule has 0 atom stereocenters. The molecule has 0 heterocycles. The highest BCUT2D eigenvalue weighted by Gasteiger charge is 1.96. The molecule has 2 rings (SSSR count). The Morgan fingerprint density at radius 1 is 0.714 bits per heavy atom. The van der Waals surface area contributed by atoms with Gasteiger partial charge in [0.1, 0.15) is 28.7 Å².